The first-order valence-electron chi connectivity index (χ1n) is 23.8. The van der Waals surface area contributed by atoms with Gasteiger partial charge < -0.3 is 19.6 Å². The van der Waals surface area contributed by atoms with E-state index in [-0.39, 0.29) is 23.7 Å². The van der Waals surface area contributed by atoms with Gasteiger partial charge in [0.25, 0.3) is 0 Å². The largest absolute Gasteiger partial charge is 0.420 e. The summed E-state index contributed by atoms with van der Waals surface area (Å²) in [7, 11) is 0. The topological polar surface area (TPSA) is 124 Å². The third kappa shape index (κ3) is 10.9. The summed E-state index contributed by atoms with van der Waals surface area (Å²) in [4.78, 5) is 48.9. The number of aromatic amines is 1. The first kappa shape index (κ1) is 46.1. The van der Waals surface area contributed by atoms with Gasteiger partial charge in [-0.2, -0.15) is 0 Å². The molecule has 1 aliphatic heterocycles. The molecule has 1 aliphatic rings. The number of anilines is 1. The van der Waals surface area contributed by atoms with Crippen molar-refractivity contribution < 1.29 is 18.8 Å². The van der Waals surface area contributed by atoms with E-state index in [1.165, 1.54) is 0 Å². The average molecular weight is 863 g/mol. The van der Waals surface area contributed by atoms with E-state index < -0.39 is 12.1 Å². The minimum atomic E-state index is -0.528. The highest BCUT2D eigenvalue weighted by Gasteiger charge is 2.39. The van der Waals surface area contributed by atoms with Crippen LogP contribution in [0.25, 0.3) is 33.6 Å². The van der Waals surface area contributed by atoms with Gasteiger partial charge in [-0.1, -0.05) is 133 Å². The van der Waals surface area contributed by atoms with E-state index in [2.05, 4.69) is 78.2 Å². The fourth-order valence-corrected chi connectivity index (χ4v) is 9.69. The number of carbonyl (C=O) groups is 3. The van der Waals surface area contributed by atoms with E-state index in [4.69, 9.17) is 4.42 Å². The van der Waals surface area contributed by atoms with Gasteiger partial charge in [-0.05, 0) is 104 Å². The first-order valence-corrected chi connectivity index (χ1v) is 23.8. The second-order valence-electron chi connectivity index (χ2n) is 17.5. The average Bonchev–Trinajstić information content (AvgIpc) is 4.12. The summed E-state index contributed by atoms with van der Waals surface area (Å²) in [6.45, 7) is 12.7. The molecule has 1 fully saturated rings. The second kappa shape index (κ2) is 22.2. The number of Topliss-reactive ketones (excluding diaryl/α,β-unsaturated/α-hetero) is 1. The van der Waals surface area contributed by atoms with Gasteiger partial charge in [0.05, 0.1) is 0 Å². The van der Waals surface area contributed by atoms with Gasteiger partial charge in [-0.15, -0.1) is 10.2 Å². The van der Waals surface area contributed by atoms with Crippen LogP contribution in [0.15, 0.2) is 114 Å². The molecule has 336 valence electrons. The number of likely N-dealkylation sites (tertiary alicyclic amines) is 1. The van der Waals surface area contributed by atoms with Gasteiger partial charge in [0.1, 0.15) is 17.9 Å². The highest BCUT2D eigenvalue weighted by Crippen LogP contribution is 2.35. The van der Waals surface area contributed by atoms with Crippen molar-refractivity contribution in [2.45, 2.75) is 123 Å². The summed E-state index contributed by atoms with van der Waals surface area (Å²) in [5.41, 5.74) is 6.55. The van der Waals surface area contributed by atoms with E-state index in [0.717, 1.165) is 103 Å². The lowest BCUT2D eigenvalue weighted by Crippen LogP contribution is -2.48. The Bertz CT molecular complexity index is 2420. The van der Waals surface area contributed by atoms with E-state index in [0.29, 0.717) is 48.6 Å². The molecule has 0 radical (unpaired) electrons. The zero-order valence-corrected chi connectivity index (χ0v) is 38.4. The predicted molar refractivity (Wildman–Crippen MR) is 257 cm³/mol. The van der Waals surface area contributed by atoms with Gasteiger partial charge in [-0.3, -0.25) is 19.3 Å². The summed E-state index contributed by atoms with van der Waals surface area (Å²) in [6.07, 6.45) is 9.01. The molecule has 2 aromatic heterocycles. The fourth-order valence-electron chi connectivity index (χ4n) is 9.69. The molecule has 0 aliphatic carbocycles. The van der Waals surface area contributed by atoms with Gasteiger partial charge in [0, 0.05) is 52.6 Å². The van der Waals surface area contributed by atoms with Crippen LogP contribution in [0.3, 0.4) is 0 Å². The van der Waals surface area contributed by atoms with Crippen molar-refractivity contribution in [3.63, 3.8) is 0 Å². The molecule has 10 nitrogen and oxygen atoms in total. The minimum Gasteiger partial charge on any atom is -0.420 e. The molecule has 10 heteroatoms. The maximum Gasteiger partial charge on any atom is 0.247 e. The summed E-state index contributed by atoms with van der Waals surface area (Å²) in [5, 5.41) is 12.9. The molecule has 1 saturated heterocycles. The third-order valence-corrected chi connectivity index (χ3v) is 13.3. The monoisotopic (exact) mass is 863 g/mol. The normalized spacial score (nSPS) is 15.9. The summed E-state index contributed by atoms with van der Waals surface area (Å²) < 4.78 is 6.17. The van der Waals surface area contributed by atoms with Gasteiger partial charge in [0.15, 0.2) is 0 Å². The molecule has 0 spiro atoms. The number of H-pyrrole nitrogens is 1. The zero-order valence-electron chi connectivity index (χ0n) is 38.4. The Morgan fingerprint density at radius 2 is 1.52 bits per heavy atom. The van der Waals surface area contributed by atoms with E-state index in [1.807, 2.05) is 91.0 Å². The number of ketones is 1. The molecule has 0 saturated carbocycles. The number of hydrogen-bond acceptors (Lipinski definition) is 7. The summed E-state index contributed by atoms with van der Waals surface area (Å²) >= 11 is 0. The lowest BCUT2D eigenvalue weighted by atomic mass is 9.78. The Labute approximate surface area is 379 Å². The van der Waals surface area contributed by atoms with E-state index >= 15 is 0 Å². The van der Waals surface area contributed by atoms with Crippen molar-refractivity contribution in [2.75, 3.05) is 25.0 Å². The highest BCUT2D eigenvalue weighted by molar-refractivity contribution is 6.00. The zero-order chi connectivity index (χ0) is 45.0. The molecule has 0 bridgehead atoms. The molecular formula is C54H66N6O4. The molecule has 6 aromatic rings. The minimum absolute atomic E-state index is 0.0145. The number of nitrogens with one attached hydrogen (secondary N) is 2. The third-order valence-electron chi connectivity index (χ3n) is 13.3. The van der Waals surface area contributed by atoms with Crippen LogP contribution in [0.5, 0.6) is 0 Å². The predicted octanol–water partition coefficient (Wildman–Crippen LogP) is 12.1. The van der Waals surface area contributed by atoms with Crippen molar-refractivity contribution in [3.05, 3.63) is 126 Å². The van der Waals surface area contributed by atoms with Crippen LogP contribution in [-0.2, 0) is 14.4 Å². The van der Waals surface area contributed by atoms with Crippen LogP contribution in [0, 0.1) is 5.92 Å². The molecule has 64 heavy (non-hydrogen) atoms. The quantitative estimate of drug-likeness (QED) is 0.0651. The number of benzene rings is 4. The molecular weight excluding hydrogens is 797 g/mol. The molecule has 5 atom stereocenters. The summed E-state index contributed by atoms with van der Waals surface area (Å²) in [6, 6.07) is 35.3. The number of carbonyl (C=O) groups excluding carboxylic acids is 3. The van der Waals surface area contributed by atoms with Gasteiger partial charge in [-0.25, -0.2) is 0 Å². The second-order valence-corrected chi connectivity index (χ2v) is 17.5. The van der Waals surface area contributed by atoms with Crippen molar-refractivity contribution in [1.29, 1.82) is 0 Å². The fraction of sp³-hybridized carbons (Fsp3) is 0.426. The Morgan fingerprint density at radius 3 is 2.20 bits per heavy atom. The maximum atomic E-state index is 14.1. The van der Waals surface area contributed by atoms with Crippen LogP contribution >= 0.6 is 0 Å². The number of rotatable bonds is 22. The lowest BCUT2D eigenvalue weighted by Gasteiger charge is -2.34. The molecule has 2 N–H and O–H groups in total. The van der Waals surface area contributed by atoms with E-state index in [1.54, 1.807) is 4.90 Å². The number of hydrogen-bond donors (Lipinski definition) is 2. The highest BCUT2D eigenvalue weighted by atomic mass is 16.4. The van der Waals surface area contributed by atoms with Crippen molar-refractivity contribution in [1.82, 2.24) is 25.0 Å². The van der Waals surface area contributed by atoms with Gasteiger partial charge >= 0.3 is 0 Å². The van der Waals surface area contributed by atoms with Crippen molar-refractivity contribution >= 4 is 34.2 Å². The summed E-state index contributed by atoms with van der Waals surface area (Å²) in [5.74, 6) is 1.80. The lowest BCUT2D eigenvalue weighted by molar-refractivity contribution is -0.141. The number of unbranched alkanes of at least 4 members (excludes halogenated alkanes) is 2. The Hall–Kier alpha value is -5.87. The number of amides is 2. The molecule has 7 rings (SSSR count). The smallest absolute Gasteiger partial charge is 0.247 e. The number of fused-ring (bicyclic) bond motifs is 1. The van der Waals surface area contributed by atoms with Crippen LogP contribution in [0.4, 0.5) is 5.69 Å². The maximum absolute atomic E-state index is 14.1. The molecule has 2 unspecified atom stereocenters. The first-order chi connectivity index (χ1) is 31.2. The standard InChI is InChI=1S/C54H66N6O4/c1-6-20-38(7-2)49(40-22-14-11-15-23-40)48(61)27-18-10-13-21-37(5)52-57-58-53(64-52)42-30-28-39(29-31-42)46-36-43-35-44(32-33-45(43)56-46)55-51(62)47-26-19-34-60(47)54(63)50(59(8-3)9-4)41-24-16-12-17-25-41/h11-12,14-17,22-25,28-33,35-38,47,49-50,56H,6-10,13,18-21,26-27,34H2,1-5H3,(H,55,62)/t37-,38?,47-,49+,50?/m0/s1. The van der Waals surface area contributed by atoms with Crippen LogP contribution in [-0.4, -0.2) is 68.3 Å². The van der Waals surface area contributed by atoms with Crippen LogP contribution in [0.2, 0.25) is 0 Å². The van der Waals surface area contributed by atoms with Gasteiger partial charge in [0.2, 0.25) is 23.6 Å². The molecule has 2 amide bonds. The van der Waals surface area contributed by atoms with E-state index in [9.17, 15) is 14.4 Å². The molecule has 4 aromatic carbocycles. The van der Waals surface area contributed by atoms with Crippen LogP contribution < -0.4 is 5.32 Å². The SMILES string of the molecule is CCCC(CC)[C@@H](C(=O)CCCCC[C@H](C)c1nnc(-c2ccc(-c3cc4cc(NC(=O)[C@@H]5CCCN5C(=O)C(c5ccccc5)N(CC)CC)ccc4[nH]3)cc2)o1)c1ccccc1. The Kier molecular flexibility index (Phi) is 16.0. The van der Waals surface area contributed by atoms with Crippen LogP contribution in [0.1, 0.15) is 134 Å². The Morgan fingerprint density at radius 1 is 0.812 bits per heavy atom. The van der Waals surface area contributed by atoms with Crippen molar-refractivity contribution in [2.24, 2.45) is 5.92 Å². The Balaban J connectivity index is 0.918. The number of aromatic nitrogens is 3. The van der Waals surface area contributed by atoms with Crippen molar-refractivity contribution in [3.8, 4) is 22.7 Å². The number of likely N-dealkylation sites (N-methyl/N-ethyl adjacent to an activating group) is 1. The molecule has 3 heterocycles. The number of nitrogens with zero attached hydrogens (tertiary/aromatic N) is 4.